The number of hydrogen-bond acceptors (Lipinski definition) is 4. The lowest BCUT2D eigenvalue weighted by Gasteiger charge is -2.44. The van der Waals surface area contributed by atoms with Gasteiger partial charge in [0.25, 0.3) is 0 Å². The third-order valence-electron chi connectivity index (χ3n) is 16.5. The lowest BCUT2D eigenvalue weighted by Crippen LogP contribution is -2.39. The third-order valence-corrected chi connectivity index (χ3v) is 16.5. The van der Waals surface area contributed by atoms with E-state index in [2.05, 4.69) is 172 Å². The van der Waals surface area contributed by atoms with Crippen molar-refractivity contribution in [2.45, 2.75) is 68.6 Å². The molecule has 2 heterocycles. The van der Waals surface area contributed by atoms with E-state index in [1.807, 2.05) is 0 Å². The fraction of sp³-hybridized carbons (Fsp3) is 0.237. The first-order chi connectivity index (χ1) is 30.9. The maximum Gasteiger partial charge on any atom is 0.164 e. The Kier molecular flexibility index (Phi) is 7.25. The molecule has 1 aliphatic heterocycles. The number of fused-ring (bicyclic) bond motifs is 14. The molecule has 3 bridgehead atoms. The SMILES string of the molecule is CC1(C)c2ccccc2-c2ccc(-c3nc(-c4ccccc4-c4cccc5c4-c4ccccc4C54c5ccccc5Oc5ccccc54)nc(C45CCC6C[C@H](CC6C4)C5)n3)cc21. The molecule has 4 nitrogen and oxygen atoms in total. The van der Waals surface area contributed by atoms with Crippen molar-refractivity contribution in [1.29, 1.82) is 0 Å². The predicted octanol–water partition coefficient (Wildman–Crippen LogP) is 14.1. The number of hydrogen-bond donors (Lipinski definition) is 0. The van der Waals surface area contributed by atoms with Crippen molar-refractivity contribution in [3.8, 4) is 67.7 Å². The Morgan fingerprint density at radius 1 is 0.476 bits per heavy atom. The molecule has 4 atom stereocenters. The van der Waals surface area contributed by atoms with Crippen LogP contribution in [0.4, 0.5) is 0 Å². The van der Waals surface area contributed by atoms with Crippen LogP contribution in [0.2, 0.25) is 0 Å². The molecule has 14 rings (SSSR count). The number of aromatic nitrogens is 3. The summed E-state index contributed by atoms with van der Waals surface area (Å²) in [7, 11) is 0. The summed E-state index contributed by atoms with van der Waals surface area (Å²) in [5, 5.41) is 0. The van der Waals surface area contributed by atoms with Crippen LogP contribution in [0.15, 0.2) is 158 Å². The van der Waals surface area contributed by atoms with Gasteiger partial charge >= 0.3 is 0 Å². The molecule has 63 heavy (non-hydrogen) atoms. The molecule has 0 saturated heterocycles. The highest BCUT2D eigenvalue weighted by Gasteiger charge is 2.55. The van der Waals surface area contributed by atoms with Gasteiger partial charge in [0.2, 0.25) is 0 Å². The smallest absolute Gasteiger partial charge is 0.164 e. The Bertz CT molecular complexity index is 3200. The molecule has 1 spiro atoms. The molecule has 0 N–H and O–H groups in total. The topological polar surface area (TPSA) is 47.9 Å². The highest BCUT2D eigenvalue weighted by molar-refractivity contribution is 5.99. The number of para-hydroxylation sites is 2. The Hall–Kier alpha value is -6.65. The summed E-state index contributed by atoms with van der Waals surface area (Å²) in [5.74, 6) is 6.78. The van der Waals surface area contributed by atoms with Crippen molar-refractivity contribution in [2.75, 3.05) is 0 Å². The van der Waals surface area contributed by atoms with E-state index in [9.17, 15) is 0 Å². The van der Waals surface area contributed by atoms with Gasteiger partial charge in [-0.05, 0) is 130 Å². The lowest BCUT2D eigenvalue weighted by atomic mass is 9.61. The number of benzene rings is 7. The molecule has 0 amide bonds. The summed E-state index contributed by atoms with van der Waals surface area (Å²) in [5.41, 5.74) is 16.5. The van der Waals surface area contributed by atoms with Crippen molar-refractivity contribution in [3.05, 3.63) is 197 Å². The average Bonchev–Trinajstić information content (AvgIpc) is 3.84. The molecule has 1 aromatic heterocycles. The zero-order valence-electron chi connectivity index (χ0n) is 35.7. The van der Waals surface area contributed by atoms with Crippen molar-refractivity contribution >= 4 is 0 Å². The monoisotopic (exact) mass is 813 g/mol. The Morgan fingerprint density at radius 2 is 1.08 bits per heavy atom. The molecule has 8 aromatic rings. The second-order valence-electron chi connectivity index (χ2n) is 20.0. The molecule has 4 heteroatoms. The summed E-state index contributed by atoms with van der Waals surface area (Å²) in [6.45, 7) is 4.71. The van der Waals surface area contributed by atoms with E-state index >= 15 is 0 Å². The van der Waals surface area contributed by atoms with E-state index in [0.29, 0.717) is 0 Å². The van der Waals surface area contributed by atoms with Crippen LogP contribution in [0.25, 0.3) is 56.2 Å². The second kappa shape index (κ2) is 12.7. The first-order valence-electron chi connectivity index (χ1n) is 23.1. The minimum absolute atomic E-state index is 0.0165. The number of ether oxygens (including phenoxy) is 1. The van der Waals surface area contributed by atoms with E-state index in [4.69, 9.17) is 19.7 Å². The average molecular weight is 814 g/mol. The van der Waals surface area contributed by atoms with E-state index in [-0.39, 0.29) is 10.8 Å². The van der Waals surface area contributed by atoms with Crippen LogP contribution in [0.3, 0.4) is 0 Å². The molecule has 7 aromatic carbocycles. The zero-order valence-corrected chi connectivity index (χ0v) is 35.7. The molecule has 0 radical (unpaired) electrons. The summed E-state index contributed by atoms with van der Waals surface area (Å²) in [6.07, 6.45) is 7.60. The van der Waals surface area contributed by atoms with Gasteiger partial charge in [0.15, 0.2) is 11.6 Å². The van der Waals surface area contributed by atoms with Crippen LogP contribution >= 0.6 is 0 Å². The third kappa shape index (κ3) is 4.79. The summed E-state index contributed by atoms with van der Waals surface area (Å²) < 4.78 is 6.66. The van der Waals surface area contributed by atoms with Gasteiger partial charge in [0.05, 0.1) is 5.41 Å². The van der Waals surface area contributed by atoms with Gasteiger partial charge < -0.3 is 4.74 Å². The maximum absolute atomic E-state index is 6.66. The minimum atomic E-state index is -0.546. The molecule has 3 unspecified atom stereocenters. The van der Waals surface area contributed by atoms with E-state index < -0.39 is 5.41 Å². The highest BCUT2D eigenvalue weighted by atomic mass is 16.5. The first-order valence-corrected chi connectivity index (χ1v) is 23.1. The Labute approximate surface area is 369 Å². The van der Waals surface area contributed by atoms with Crippen LogP contribution in [-0.2, 0) is 16.2 Å². The van der Waals surface area contributed by atoms with Crippen LogP contribution in [0.1, 0.15) is 91.6 Å². The van der Waals surface area contributed by atoms with Crippen molar-refractivity contribution in [3.63, 3.8) is 0 Å². The van der Waals surface area contributed by atoms with Crippen LogP contribution in [0, 0.1) is 17.8 Å². The molecule has 3 saturated carbocycles. The maximum atomic E-state index is 6.66. The van der Waals surface area contributed by atoms with Gasteiger partial charge in [-0.3, -0.25) is 0 Å². The first kappa shape index (κ1) is 35.9. The van der Waals surface area contributed by atoms with E-state index in [0.717, 1.165) is 63.4 Å². The van der Waals surface area contributed by atoms with Gasteiger partial charge in [0.1, 0.15) is 17.3 Å². The van der Waals surface area contributed by atoms with Gasteiger partial charge in [-0.15, -0.1) is 0 Å². The van der Waals surface area contributed by atoms with Gasteiger partial charge in [-0.25, -0.2) is 15.0 Å². The molecular formula is C59H47N3O. The van der Waals surface area contributed by atoms with Crippen LogP contribution in [-0.4, -0.2) is 15.0 Å². The number of rotatable bonds is 4. The minimum Gasteiger partial charge on any atom is -0.457 e. The summed E-state index contributed by atoms with van der Waals surface area (Å²) in [4.78, 5) is 16.8. The highest BCUT2D eigenvalue weighted by Crippen LogP contribution is 2.64. The number of nitrogens with zero attached hydrogens (tertiary/aromatic N) is 3. The van der Waals surface area contributed by atoms with Gasteiger partial charge in [-0.1, -0.05) is 153 Å². The summed E-state index contributed by atoms with van der Waals surface area (Å²) in [6, 6.07) is 57.9. The standard InChI is InChI=1S/C59H47N3O/c1-57(2)45-19-7-5-15-40(45)41-27-26-37(32-50(41)57)54-60-55(62-56(61-54)58-29-28-36-30-35(33-58)31-38(36)34-58)43-16-4-3-14-39(43)42-18-13-23-49-53(42)44-17-6-8-20-46(44)59(49)47-21-9-11-24-51(47)63-52-25-12-10-22-48(52)59/h3-27,32,35-36,38H,28-31,33-34H2,1-2H3/t35-,36?,38?,58?/m1/s1. The molecule has 6 aliphatic rings. The second-order valence-corrected chi connectivity index (χ2v) is 20.0. The summed E-state index contributed by atoms with van der Waals surface area (Å²) >= 11 is 0. The normalized spacial score (nSPS) is 23.0. The molecule has 5 aliphatic carbocycles. The van der Waals surface area contributed by atoms with Crippen LogP contribution in [0.5, 0.6) is 11.5 Å². The van der Waals surface area contributed by atoms with Gasteiger partial charge in [0, 0.05) is 33.1 Å². The van der Waals surface area contributed by atoms with Crippen molar-refractivity contribution in [1.82, 2.24) is 15.0 Å². The van der Waals surface area contributed by atoms with Crippen LogP contribution < -0.4 is 4.74 Å². The Morgan fingerprint density at radius 3 is 1.87 bits per heavy atom. The molecular weight excluding hydrogens is 767 g/mol. The Balaban J connectivity index is 0.992. The lowest BCUT2D eigenvalue weighted by molar-refractivity contribution is 0.131. The van der Waals surface area contributed by atoms with Crippen molar-refractivity contribution in [2.24, 2.45) is 17.8 Å². The van der Waals surface area contributed by atoms with Crippen molar-refractivity contribution < 1.29 is 4.74 Å². The van der Waals surface area contributed by atoms with E-state index in [1.54, 1.807) is 0 Å². The molecule has 304 valence electrons. The molecule has 3 fully saturated rings. The fourth-order valence-corrected chi connectivity index (χ4v) is 14.0. The quantitative estimate of drug-likeness (QED) is 0.178. The van der Waals surface area contributed by atoms with E-state index in [1.165, 1.54) is 99.7 Å². The predicted molar refractivity (Wildman–Crippen MR) is 251 cm³/mol. The van der Waals surface area contributed by atoms with Gasteiger partial charge in [-0.2, -0.15) is 0 Å². The zero-order chi connectivity index (χ0) is 41.7. The largest absolute Gasteiger partial charge is 0.457 e. The fourth-order valence-electron chi connectivity index (χ4n) is 14.0.